The molecule has 3 rings (SSSR count). The second-order valence-corrected chi connectivity index (χ2v) is 9.97. The molecule has 2 aromatic rings. The number of benzene rings is 2. The fourth-order valence-corrected chi connectivity index (χ4v) is 4.68. The summed E-state index contributed by atoms with van der Waals surface area (Å²) in [4.78, 5) is 41.7. The number of nitrogens with one attached hydrogen (secondary N) is 2. The first kappa shape index (κ1) is 26.5. The number of Topliss-reactive ketones (excluding diaryl/α,β-unsaturated/α-hetero) is 1. The highest BCUT2D eigenvalue weighted by Crippen LogP contribution is 2.46. The number of hydrogen-bond donors (Lipinski definition) is 2. The summed E-state index contributed by atoms with van der Waals surface area (Å²) < 4.78 is 28.6. The van der Waals surface area contributed by atoms with Crippen molar-refractivity contribution in [3.63, 3.8) is 0 Å². The van der Waals surface area contributed by atoms with Crippen molar-refractivity contribution in [3.05, 3.63) is 59.7 Å². The molecular weight excluding hydrogens is 452 g/mol. The van der Waals surface area contributed by atoms with Gasteiger partial charge >= 0.3 is 0 Å². The molecule has 2 aromatic carbocycles. The number of ketones is 1. The van der Waals surface area contributed by atoms with Crippen LogP contribution in [0.1, 0.15) is 46.6 Å². The third-order valence-corrected chi connectivity index (χ3v) is 6.96. The molecule has 0 bridgehead atoms. The van der Waals surface area contributed by atoms with Crippen LogP contribution in [-0.4, -0.2) is 36.7 Å². The number of amides is 2. The summed E-state index contributed by atoms with van der Waals surface area (Å²) in [5, 5.41) is 5.27. The maximum atomic E-state index is 14.3. The number of anilines is 2. The van der Waals surface area contributed by atoms with E-state index in [1.807, 2.05) is 39.8 Å². The van der Waals surface area contributed by atoms with Gasteiger partial charge in [-0.1, -0.05) is 52.0 Å². The molecule has 1 heterocycles. The molecular formula is C27H33F2N3O3. The highest BCUT2D eigenvalue weighted by atomic mass is 19.1. The first-order chi connectivity index (χ1) is 16.4. The lowest BCUT2D eigenvalue weighted by Gasteiger charge is -2.35. The van der Waals surface area contributed by atoms with E-state index in [0.29, 0.717) is 5.69 Å². The van der Waals surface area contributed by atoms with Crippen LogP contribution >= 0.6 is 0 Å². The van der Waals surface area contributed by atoms with E-state index in [-0.39, 0.29) is 24.0 Å². The van der Waals surface area contributed by atoms with Gasteiger partial charge < -0.3 is 10.6 Å². The van der Waals surface area contributed by atoms with E-state index >= 15 is 0 Å². The number of hydrogen-bond acceptors (Lipinski definition) is 4. The van der Waals surface area contributed by atoms with Crippen LogP contribution < -0.4 is 15.5 Å². The van der Waals surface area contributed by atoms with Crippen molar-refractivity contribution in [1.29, 1.82) is 0 Å². The molecule has 0 unspecified atom stereocenters. The minimum atomic E-state index is -1.08. The molecule has 0 radical (unpaired) electrons. The average Bonchev–Trinajstić information content (AvgIpc) is 3.05. The Hall–Kier alpha value is -3.13. The summed E-state index contributed by atoms with van der Waals surface area (Å²) in [5.41, 5.74) is -0.103. The van der Waals surface area contributed by atoms with E-state index in [0.717, 1.165) is 17.7 Å². The first-order valence-electron chi connectivity index (χ1n) is 11.8. The minimum Gasteiger partial charge on any atom is -0.319 e. The maximum Gasteiger partial charge on any atom is 0.248 e. The van der Waals surface area contributed by atoms with Gasteiger partial charge in [0.2, 0.25) is 11.8 Å². The van der Waals surface area contributed by atoms with Crippen molar-refractivity contribution in [2.24, 2.45) is 11.8 Å². The fraction of sp³-hybridized carbons (Fsp3) is 0.444. The van der Waals surface area contributed by atoms with Crippen LogP contribution in [0, 0.1) is 23.5 Å². The van der Waals surface area contributed by atoms with Crippen molar-refractivity contribution >= 4 is 29.0 Å². The van der Waals surface area contributed by atoms with Crippen LogP contribution in [0.3, 0.4) is 0 Å². The number of fused-ring (bicyclic) bond motifs is 1. The lowest BCUT2D eigenvalue weighted by atomic mass is 9.79. The normalized spacial score (nSPS) is 18.2. The first-order valence-corrected chi connectivity index (χ1v) is 11.8. The van der Waals surface area contributed by atoms with Gasteiger partial charge in [-0.25, -0.2) is 8.78 Å². The number of para-hydroxylation sites is 2. The minimum absolute atomic E-state index is 0.00782. The second-order valence-electron chi connectivity index (χ2n) is 9.97. The van der Waals surface area contributed by atoms with Crippen molar-refractivity contribution < 1.29 is 23.2 Å². The number of nitrogens with zero attached hydrogens (tertiary/aromatic N) is 1. The number of halogens is 2. The van der Waals surface area contributed by atoms with E-state index in [2.05, 4.69) is 10.6 Å². The van der Waals surface area contributed by atoms with Crippen molar-refractivity contribution in [1.82, 2.24) is 5.32 Å². The predicted molar refractivity (Wildman–Crippen MR) is 132 cm³/mol. The largest absolute Gasteiger partial charge is 0.319 e. The molecule has 2 N–H and O–H groups in total. The Morgan fingerprint density at radius 2 is 1.60 bits per heavy atom. The summed E-state index contributed by atoms with van der Waals surface area (Å²) in [5.74, 6) is -3.86. The molecule has 0 saturated carbocycles. The van der Waals surface area contributed by atoms with Crippen LogP contribution in [0.15, 0.2) is 42.5 Å². The molecule has 188 valence electrons. The Labute approximate surface area is 205 Å². The number of rotatable bonds is 8. The zero-order valence-electron chi connectivity index (χ0n) is 21.0. The molecule has 2 amide bonds. The SMILES string of the molecule is CN[C@@H](C)C(=O)C[C@H](C(=O)N1c2ccccc2C(C)(C)[C@H]1C(=O)Nc1c(F)cccc1F)C(C)C. The van der Waals surface area contributed by atoms with E-state index in [1.54, 1.807) is 26.1 Å². The van der Waals surface area contributed by atoms with Crippen molar-refractivity contribution in [2.45, 2.75) is 58.5 Å². The Morgan fingerprint density at radius 3 is 2.17 bits per heavy atom. The van der Waals surface area contributed by atoms with E-state index in [1.165, 1.54) is 11.0 Å². The quantitative estimate of drug-likeness (QED) is 0.580. The topological polar surface area (TPSA) is 78.5 Å². The molecule has 0 saturated heterocycles. The molecule has 35 heavy (non-hydrogen) atoms. The third kappa shape index (κ3) is 4.98. The van der Waals surface area contributed by atoms with Gasteiger partial charge in [-0.15, -0.1) is 0 Å². The predicted octanol–water partition coefficient (Wildman–Crippen LogP) is 4.44. The van der Waals surface area contributed by atoms with E-state index < -0.39 is 46.6 Å². The van der Waals surface area contributed by atoms with Gasteiger partial charge in [0.05, 0.1) is 6.04 Å². The monoisotopic (exact) mass is 485 g/mol. The van der Waals surface area contributed by atoms with Gasteiger partial charge in [-0.05, 0) is 43.7 Å². The molecule has 0 spiro atoms. The molecule has 0 aromatic heterocycles. The second kappa shape index (κ2) is 10.2. The van der Waals surface area contributed by atoms with Crippen LogP contribution in [0.2, 0.25) is 0 Å². The Balaban J connectivity index is 2.05. The average molecular weight is 486 g/mol. The lowest BCUT2D eigenvalue weighted by Crippen LogP contribution is -2.54. The zero-order valence-corrected chi connectivity index (χ0v) is 21.0. The molecule has 6 nitrogen and oxygen atoms in total. The summed E-state index contributed by atoms with van der Waals surface area (Å²) >= 11 is 0. The highest BCUT2D eigenvalue weighted by molar-refractivity contribution is 6.10. The van der Waals surface area contributed by atoms with Gasteiger partial charge in [0.15, 0.2) is 0 Å². The Bertz CT molecular complexity index is 1110. The molecule has 0 aliphatic carbocycles. The molecule has 0 fully saturated rings. The van der Waals surface area contributed by atoms with Gasteiger partial charge in [0.25, 0.3) is 0 Å². The van der Waals surface area contributed by atoms with Crippen LogP contribution in [0.4, 0.5) is 20.2 Å². The Kier molecular flexibility index (Phi) is 7.74. The smallest absolute Gasteiger partial charge is 0.248 e. The third-order valence-electron chi connectivity index (χ3n) is 6.96. The standard InChI is InChI=1S/C27H33F2N3O3/c1-15(2)17(14-22(33)16(3)30-6)26(35)32-21-13-8-7-10-18(21)27(4,5)24(32)25(34)31-23-19(28)11-9-12-20(23)29/h7-13,15-17,24,30H,14H2,1-6H3,(H,31,34)/t16-,17-,24+/m0/s1. The fourth-order valence-electron chi connectivity index (χ4n) is 4.68. The molecule has 3 atom stereocenters. The van der Waals surface area contributed by atoms with Gasteiger partial charge in [-0.2, -0.15) is 0 Å². The van der Waals surface area contributed by atoms with Crippen LogP contribution in [0.5, 0.6) is 0 Å². The van der Waals surface area contributed by atoms with Gasteiger partial charge in [0.1, 0.15) is 29.1 Å². The number of carbonyl (C=O) groups excluding carboxylic acids is 3. The highest BCUT2D eigenvalue weighted by Gasteiger charge is 2.52. The van der Waals surface area contributed by atoms with E-state index in [4.69, 9.17) is 0 Å². The lowest BCUT2D eigenvalue weighted by molar-refractivity contribution is -0.131. The van der Waals surface area contributed by atoms with E-state index in [9.17, 15) is 23.2 Å². The Morgan fingerprint density at radius 1 is 1.00 bits per heavy atom. The summed E-state index contributed by atoms with van der Waals surface area (Å²) in [6.07, 6.45) is 0.00782. The zero-order chi connectivity index (χ0) is 26.1. The summed E-state index contributed by atoms with van der Waals surface area (Å²) in [7, 11) is 1.68. The van der Waals surface area contributed by atoms with Crippen LogP contribution in [-0.2, 0) is 19.8 Å². The van der Waals surface area contributed by atoms with Gasteiger partial charge in [-0.3, -0.25) is 19.3 Å². The number of likely N-dealkylation sites (N-methyl/N-ethyl adjacent to an activating group) is 1. The van der Waals surface area contributed by atoms with Gasteiger partial charge in [0, 0.05) is 23.4 Å². The van der Waals surface area contributed by atoms with Crippen molar-refractivity contribution in [3.8, 4) is 0 Å². The molecule has 1 aliphatic heterocycles. The van der Waals surface area contributed by atoms with Crippen LogP contribution in [0.25, 0.3) is 0 Å². The molecule has 1 aliphatic rings. The van der Waals surface area contributed by atoms with Crippen molar-refractivity contribution in [2.75, 3.05) is 17.3 Å². The molecule has 8 heteroatoms. The summed E-state index contributed by atoms with van der Waals surface area (Å²) in [6.45, 7) is 9.09. The summed E-state index contributed by atoms with van der Waals surface area (Å²) in [6, 6.07) is 9.00. The number of carbonyl (C=O) groups is 3. The maximum absolute atomic E-state index is 14.3.